The zero-order valence-corrected chi connectivity index (χ0v) is 15.7. The molecule has 144 valence electrons. The normalized spacial score (nSPS) is 21.7. The second kappa shape index (κ2) is 7.00. The lowest BCUT2D eigenvalue weighted by Gasteiger charge is -2.48. The van der Waals surface area contributed by atoms with E-state index in [1.807, 2.05) is 18.2 Å². The number of furan rings is 1. The minimum absolute atomic E-state index is 0.0276. The molecular formula is C21H26N2O4. The lowest BCUT2D eigenvalue weighted by molar-refractivity contribution is -0.155. The number of fused-ring (bicyclic) bond motifs is 1. The monoisotopic (exact) mass is 370 g/mol. The van der Waals surface area contributed by atoms with Crippen LogP contribution in [-0.2, 0) is 16.1 Å². The van der Waals surface area contributed by atoms with Gasteiger partial charge >= 0.3 is 5.97 Å². The summed E-state index contributed by atoms with van der Waals surface area (Å²) in [6, 6.07) is 9.40. The third kappa shape index (κ3) is 3.58. The molecule has 1 amide bonds. The Morgan fingerprint density at radius 1 is 1.26 bits per heavy atom. The summed E-state index contributed by atoms with van der Waals surface area (Å²) in [5, 5.41) is 10.4. The number of carboxylic acid groups (broad SMARTS) is 1. The minimum atomic E-state index is -0.928. The molecular weight excluding hydrogens is 344 g/mol. The van der Waals surface area contributed by atoms with E-state index in [0.717, 1.165) is 55.6 Å². The third-order valence-electron chi connectivity index (χ3n) is 6.29. The van der Waals surface area contributed by atoms with Crippen molar-refractivity contribution < 1.29 is 19.1 Å². The van der Waals surface area contributed by atoms with E-state index in [4.69, 9.17) is 4.42 Å². The Morgan fingerprint density at radius 2 is 2.00 bits per heavy atom. The van der Waals surface area contributed by atoms with Crippen LogP contribution in [0, 0.1) is 5.41 Å². The molecule has 2 aliphatic rings. The number of rotatable bonds is 4. The number of hydrogen-bond donors (Lipinski definition) is 1. The van der Waals surface area contributed by atoms with E-state index in [0.29, 0.717) is 13.0 Å². The Kier molecular flexibility index (Phi) is 4.68. The second-order valence-electron chi connectivity index (χ2n) is 8.06. The first kappa shape index (κ1) is 18.0. The molecule has 0 unspecified atom stereocenters. The number of carboxylic acids is 1. The van der Waals surface area contributed by atoms with Gasteiger partial charge < -0.3 is 14.4 Å². The topological polar surface area (TPSA) is 74.0 Å². The van der Waals surface area contributed by atoms with Crippen LogP contribution in [-0.4, -0.2) is 52.5 Å². The number of hydrogen-bond acceptors (Lipinski definition) is 4. The van der Waals surface area contributed by atoms with Crippen LogP contribution in [0.4, 0.5) is 0 Å². The van der Waals surface area contributed by atoms with Crippen molar-refractivity contribution in [3.8, 4) is 0 Å². The van der Waals surface area contributed by atoms with Gasteiger partial charge in [0.25, 0.3) is 0 Å². The van der Waals surface area contributed by atoms with Gasteiger partial charge in [0, 0.05) is 18.4 Å². The van der Waals surface area contributed by atoms with Gasteiger partial charge in [0.1, 0.15) is 17.4 Å². The molecule has 2 fully saturated rings. The molecule has 1 spiro atoms. The van der Waals surface area contributed by atoms with Crippen LogP contribution in [0.2, 0.25) is 0 Å². The van der Waals surface area contributed by atoms with Crippen molar-refractivity contribution in [2.75, 3.05) is 19.6 Å². The molecule has 1 aromatic heterocycles. The number of amides is 1. The molecule has 2 aliphatic heterocycles. The summed E-state index contributed by atoms with van der Waals surface area (Å²) in [4.78, 5) is 27.5. The van der Waals surface area contributed by atoms with Gasteiger partial charge in [-0.05, 0) is 56.8 Å². The fraction of sp³-hybridized carbons (Fsp3) is 0.524. The zero-order valence-electron chi connectivity index (χ0n) is 15.7. The Hall–Kier alpha value is -2.34. The summed E-state index contributed by atoms with van der Waals surface area (Å²) in [5.74, 6) is 0.0232. The smallest absolute Gasteiger partial charge is 0.326 e. The third-order valence-corrected chi connectivity index (χ3v) is 6.29. The van der Waals surface area contributed by atoms with Gasteiger partial charge in [0.15, 0.2) is 0 Å². The average molecular weight is 370 g/mol. The largest absolute Gasteiger partial charge is 0.480 e. The van der Waals surface area contributed by atoms with Gasteiger partial charge in [0.2, 0.25) is 5.91 Å². The zero-order chi connectivity index (χ0) is 19.0. The molecule has 6 nitrogen and oxygen atoms in total. The predicted octanol–water partition coefficient (Wildman–Crippen LogP) is 3.11. The standard InChI is InChI=1S/C21H26N2O4/c1-15(20(25)26)23-14-21(7-6-19(23)24)8-10-22(11-9-21)13-17-12-16-4-2-3-5-18(16)27-17/h2-5,12,15H,6-11,13-14H2,1H3,(H,25,26)/t15-/m0/s1. The Balaban J connectivity index is 1.39. The van der Waals surface area contributed by atoms with E-state index in [2.05, 4.69) is 17.0 Å². The van der Waals surface area contributed by atoms with Crippen molar-refractivity contribution in [1.82, 2.24) is 9.80 Å². The molecule has 0 aliphatic carbocycles. The maximum Gasteiger partial charge on any atom is 0.326 e. The molecule has 0 radical (unpaired) electrons. The van der Waals surface area contributed by atoms with Gasteiger partial charge in [-0.1, -0.05) is 18.2 Å². The number of likely N-dealkylation sites (tertiary alicyclic amines) is 2. The highest BCUT2D eigenvalue weighted by atomic mass is 16.4. The van der Waals surface area contributed by atoms with E-state index >= 15 is 0 Å². The van der Waals surface area contributed by atoms with E-state index in [-0.39, 0.29) is 11.3 Å². The highest BCUT2D eigenvalue weighted by molar-refractivity contribution is 5.84. The number of benzene rings is 1. The SMILES string of the molecule is C[C@@H](C(=O)O)N1CC2(CCC1=O)CCN(Cc1cc3ccccc3o1)CC2. The molecule has 27 heavy (non-hydrogen) atoms. The van der Waals surface area contributed by atoms with Gasteiger partial charge in [-0.2, -0.15) is 0 Å². The van der Waals surface area contributed by atoms with Gasteiger partial charge in [-0.25, -0.2) is 4.79 Å². The molecule has 0 saturated carbocycles. The molecule has 4 rings (SSSR count). The summed E-state index contributed by atoms with van der Waals surface area (Å²) >= 11 is 0. The number of carbonyl (C=O) groups excluding carboxylic acids is 1. The summed E-state index contributed by atoms with van der Waals surface area (Å²) in [6.45, 7) is 4.85. The van der Waals surface area contributed by atoms with Crippen molar-refractivity contribution in [1.29, 1.82) is 0 Å². The van der Waals surface area contributed by atoms with E-state index < -0.39 is 12.0 Å². The van der Waals surface area contributed by atoms with Crippen LogP contribution in [0.1, 0.15) is 38.4 Å². The quantitative estimate of drug-likeness (QED) is 0.895. The molecule has 1 atom stereocenters. The van der Waals surface area contributed by atoms with Crippen molar-refractivity contribution in [2.24, 2.45) is 5.41 Å². The van der Waals surface area contributed by atoms with Gasteiger partial charge in [-0.3, -0.25) is 9.69 Å². The first-order chi connectivity index (χ1) is 13.0. The lowest BCUT2D eigenvalue weighted by atomic mass is 9.72. The predicted molar refractivity (Wildman–Crippen MR) is 101 cm³/mol. The average Bonchev–Trinajstić information content (AvgIpc) is 3.07. The van der Waals surface area contributed by atoms with Crippen molar-refractivity contribution in [3.05, 3.63) is 36.1 Å². The number of piperidine rings is 2. The van der Waals surface area contributed by atoms with E-state index in [1.165, 1.54) is 0 Å². The minimum Gasteiger partial charge on any atom is -0.480 e. The molecule has 3 heterocycles. The van der Waals surface area contributed by atoms with E-state index in [1.54, 1.807) is 11.8 Å². The summed E-state index contributed by atoms with van der Waals surface area (Å²) in [6.07, 6.45) is 3.31. The van der Waals surface area contributed by atoms with Crippen LogP contribution in [0.5, 0.6) is 0 Å². The van der Waals surface area contributed by atoms with Crippen molar-refractivity contribution in [2.45, 2.75) is 45.2 Å². The first-order valence-corrected chi connectivity index (χ1v) is 9.68. The molecule has 2 aromatic rings. The Labute approximate surface area is 158 Å². The number of carbonyl (C=O) groups is 2. The lowest BCUT2D eigenvalue weighted by Crippen LogP contribution is -2.55. The summed E-state index contributed by atoms with van der Waals surface area (Å²) < 4.78 is 5.94. The maximum absolute atomic E-state index is 12.2. The van der Waals surface area contributed by atoms with Crippen LogP contribution >= 0.6 is 0 Å². The number of para-hydroxylation sites is 1. The molecule has 6 heteroatoms. The first-order valence-electron chi connectivity index (χ1n) is 9.68. The van der Waals surface area contributed by atoms with E-state index in [9.17, 15) is 14.7 Å². The Bertz CT molecular complexity index is 818. The highest BCUT2D eigenvalue weighted by Gasteiger charge is 2.43. The fourth-order valence-electron chi connectivity index (χ4n) is 4.46. The molecule has 1 aromatic carbocycles. The second-order valence-corrected chi connectivity index (χ2v) is 8.06. The van der Waals surface area contributed by atoms with Crippen molar-refractivity contribution in [3.63, 3.8) is 0 Å². The number of aliphatic carboxylic acids is 1. The molecule has 1 N–H and O–H groups in total. The van der Waals surface area contributed by atoms with Crippen LogP contribution < -0.4 is 0 Å². The fourth-order valence-corrected chi connectivity index (χ4v) is 4.46. The van der Waals surface area contributed by atoms with Gasteiger partial charge in [0.05, 0.1) is 6.54 Å². The summed E-state index contributed by atoms with van der Waals surface area (Å²) in [7, 11) is 0. The van der Waals surface area contributed by atoms with Crippen LogP contribution in [0.15, 0.2) is 34.7 Å². The maximum atomic E-state index is 12.2. The Morgan fingerprint density at radius 3 is 2.70 bits per heavy atom. The molecule has 2 saturated heterocycles. The van der Waals surface area contributed by atoms with Crippen LogP contribution in [0.3, 0.4) is 0 Å². The van der Waals surface area contributed by atoms with Crippen molar-refractivity contribution >= 4 is 22.8 Å². The number of nitrogens with zero attached hydrogens (tertiary/aromatic N) is 2. The van der Waals surface area contributed by atoms with Crippen LogP contribution in [0.25, 0.3) is 11.0 Å². The molecule has 0 bridgehead atoms. The highest BCUT2D eigenvalue weighted by Crippen LogP contribution is 2.41. The summed E-state index contributed by atoms with van der Waals surface area (Å²) in [5.41, 5.74) is 0.979. The van der Waals surface area contributed by atoms with Gasteiger partial charge in [-0.15, -0.1) is 0 Å².